The summed E-state index contributed by atoms with van der Waals surface area (Å²) in [6.45, 7) is 3.40. The first-order chi connectivity index (χ1) is 7.90. The highest BCUT2D eigenvalue weighted by Gasteiger charge is 2.04. The molecule has 0 unspecified atom stereocenters. The summed E-state index contributed by atoms with van der Waals surface area (Å²) in [5.74, 6) is 1.61. The highest BCUT2D eigenvalue weighted by Crippen LogP contribution is 2.13. The van der Waals surface area contributed by atoms with Gasteiger partial charge in [0.15, 0.2) is 5.82 Å². The minimum Gasteiger partial charge on any atom is -0.381 e. The lowest BCUT2D eigenvalue weighted by Crippen LogP contribution is -1.99. The summed E-state index contributed by atoms with van der Waals surface area (Å²) in [7, 11) is 0. The average Bonchev–Trinajstić information content (AvgIpc) is 2.79. The minimum atomic E-state index is 0.680. The second-order valence-electron chi connectivity index (χ2n) is 3.42. The van der Waals surface area contributed by atoms with E-state index in [1.54, 1.807) is 0 Å². The Morgan fingerprint density at radius 1 is 1.25 bits per heavy atom. The first-order valence-corrected chi connectivity index (χ1v) is 5.44. The monoisotopic (exact) mass is 217 g/mol. The van der Waals surface area contributed by atoms with Crippen LogP contribution >= 0.6 is 0 Å². The fraction of sp³-hybridized carbons (Fsp3) is 0.333. The highest BCUT2D eigenvalue weighted by atomic mass is 16.5. The van der Waals surface area contributed by atoms with Crippen molar-refractivity contribution in [3.63, 3.8) is 0 Å². The molecule has 0 aliphatic carbocycles. The van der Waals surface area contributed by atoms with Crippen molar-refractivity contribution in [2.45, 2.75) is 13.3 Å². The number of benzene rings is 1. The van der Waals surface area contributed by atoms with Crippen LogP contribution in [0.15, 0.2) is 30.3 Å². The molecular formula is C12H15N3O. The molecule has 1 N–H and O–H groups in total. The van der Waals surface area contributed by atoms with Crippen LogP contribution in [0, 0.1) is 0 Å². The second kappa shape index (κ2) is 5.42. The molecule has 1 aromatic heterocycles. The van der Waals surface area contributed by atoms with Crippen LogP contribution < -0.4 is 0 Å². The van der Waals surface area contributed by atoms with Gasteiger partial charge in [-0.25, -0.2) is 4.98 Å². The maximum absolute atomic E-state index is 5.26. The van der Waals surface area contributed by atoms with Gasteiger partial charge in [0.1, 0.15) is 5.82 Å². The Hall–Kier alpha value is -1.68. The van der Waals surface area contributed by atoms with E-state index in [9.17, 15) is 0 Å². The number of hydrogen-bond donors (Lipinski definition) is 1. The maximum atomic E-state index is 5.26. The smallest absolute Gasteiger partial charge is 0.181 e. The van der Waals surface area contributed by atoms with Crippen LogP contribution in [0.4, 0.5) is 0 Å². The van der Waals surface area contributed by atoms with E-state index in [0.29, 0.717) is 6.61 Å². The summed E-state index contributed by atoms with van der Waals surface area (Å²) < 4.78 is 5.26. The van der Waals surface area contributed by atoms with Crippen molar-refractivity contribution in [1.29, 1.82) is 0 Å². The maximum Gasteiger partial charge on any atom is 0.181 e. The van der Waals surface area contributed by atoms with Crippen LogP contribution in [-0.2, 0) is 11.2 Å². The van der Waals surface area contributed by atoms with E-state index in [1.807, 2.05) is 37.3 Å². The van der Waals surface area contributed by atoms with Gasteiger partial charge in [-0.1, -0.05) is 30.3 Å². The van der Waals surface area contributed by atoms with Crippen molar-refractivity contribution in [3.05, 3.63) is 36.2 Å². The Morgan fingerprint density at radius 2 is 2.06 bits per heavy atom. The predicted octanol–water partition coefficient (Wildman–Crippen LogP) is 2.05. The number of hydrogen-bond acceptors (Lipinski definition) is 3. The van der Waals surface area contributed by atoms with E-state index in [4.69, 9.17) is 4.74 Å². The first kappa shape index (κ1) is 10.8. The molecule has 1 aromatic carbocycles. The lowest BCUT2D eigenvalue weighted by molar-refractivity contribution is 0.149. The van der Waals surface area contributed by atoms with Gasteiger partial charge in [0.05, 0.1) is 6.61 Å². The normalized spacial score (nSPS) is 10.6. The van der Waals surface area contributed by atoms with Crippen LogP contribution in [-0.4, -0.2) is 28.4 Å². The summed E-state index contributed by atoms with van der Waals surface area (Å²) in [5, 5.41) is 7.10. The molecule has 0 aliphatic heterocycles. The Morgan fingerprint density at radius 3 is 2.81 bits per heavy atom. The number of rotatable bonds is 5. The Bertz CT molecular complexity index is 425. The van der Waals surface area contributed by atoms with Gasteiger partial charge in [-0.3, -0.25) is 5.10 Å². The van der Waals surface area contributed by atoms with Gasteiger partial charge in [0, 0.05) is 18.6 Å². The average molecular weight is 217 g/mol. The molecule has 0 aliphatic rings. The van der Waals surface area contributed by atoms with Crippen LogP contribution in [0.3, 0.4) is 0 Å². The van der Waals surface area contributed by atoms with Crippen LogP contribution in [0.25, 0.3) is 11.4 Å². The largest absolute Gasteiger partial charge is 0.381 e. The summed E-state index contributed by atoms with van der Waals surface area (Å²) in [5.41, 5.74) is 1.03. The van der Waals surface area contributed by atoms with Crippen molar-refractivity contribution < 1.29 is 4.74 Å². The van der Waals surface area contributed by atoms with E-state index >= 15 is 0 Å². The molecule has 1 heterocycles. The lowest BCUT2D eigenvalue weighted by atomic mass is 10.2. The van der Waals surface area contributed by atoms with E-state index in [2.05, 4.69) is 15.2 Å². The zero-order chi connectivity index (χ0) is 11.2. The highest BCUT2D eigenvalue weighted by molar-refractivity contribution is 5.53. The molecule has 84 valence electrons. The second-order valence-corrected chi connectivity index (χ2v) is 3.42. The SMILES string of the molecule is CCOCCc1nc(-c2ccccc2)n[nH]1. The lowest BCUT2D eigenvalue weighted by Gasteiger charge is -1.96. The van der Waals surface area contributed by atoms with Gasteiger partial charge in [0.2, 0.25) is 0 Å². The Kier molecular flexibility index (Phi) is 3.66. The zero-order valence-corrected chi connectivity index (χ0v) is 9.31. The molecule has 0 radical (unpaired) electrons. The number of ether oxygens (including phenoxy) is 1. The molecule has 4 nitrogen and oxygen atoms in total. The van der Waals surface area contributed by atoms with Gasteiger partial charge in [-0.2, -0.15) is 5.10 Å². The molecule has 0 atom stereocenters. The van der Waals surface area contributed by atoms with Gasteiger partial charge in [-0.15, -0.1) is 0 Å². The van der Waals surface area contributed by atoms with E-state index in [0.717, 1.165) is 30.2 Å². The predicted molar refractivity (Wildman–Crippen MR) is 62.0 cm³/mol. The molecule has 0 bridgehead atoms. The van der Waals surface area contributed by atoms with Crippen molar-refractivity contribution >= 4 is 0 Å². The molecule has 2 rings (SSSR count). The molecule has 4 heteroatoms. The number of aromatic amines is 1. The van der Waals surface area contributed by atoms with Crippen molar-refractivity contribution in [2.24, 2.45) is 0 Å². The number of aromatic nitrogens is 3. The topological polar surface area (TPSA) is 50.8 Å². The Balaban J connectivity index is 2.02. The van der Waals surface area contributed by atoms with E-state index in [-0.39, 0.29) is 0 Å². The summed E-state index contributed by atoms with van der Waals surface area (Å²) in [6.07, 6.45) is 0.772. The zero-order valence-electron chi connectivity index (χ0n) is 9.31. The molecule has 2 aromatic rings. The third-order valence-corrected chi connectivity index (χ3v) is 2.25. The van der Waals surface area contributed by atoms with Gasteiger partial charge < -0.3 is 4.74 Å². The summed E-state index contributed by atoms with van der Waals surface area (Å²) in [4.78, 5) is 4.41. The molecular weight excluding hydrogens is 202 g/mol. The van der Waals surface area contributed by atoms with Crippen molar-refractivity contribution in [1.82, 2.24) is 15.2 Å². The van der Waals surface area contributed by atoms with Gasteiger partial charge in [-0.05, 0) is 6.92 Å². The number of nitrogens with zero attached hydrogens (tertiary/aromatic N) is 2. The molecule has 0 amide bonds. The third kappa shape index (κ3) is 2.67. The number of H-pyrrole nitrogens is 1. The van der Waals surface area contributed by atoms with Crippen molar-refractivity contribution in [3.8, 4) is 11.4 Å². The Labute approximate surface area is 94.7 Å². The summed E-state index contributed by atoms with van der Waals surface area (Å²) in [6, 6.07) is 9.92. The number of nitrogens with one attached hydrogen (secondary N) is 1. The van der Waals surface area contributed by atoms with Crippen LogP contribution in [0.2, 0.25) is 0 Å². The third-order valence-electron chi connectivity index (χ3n) is 2.25. The quantitative estimate of drug-likeness (QED) is 0.780. The van der Waals surface area contributed by atoms with Crippen LogP contribution in [0.5, 0.6) is 0 Å². The molecule has 0 fully saturated rings. The fourth-order valence-corrected chi connectivity index (χ4v) is 1.44. The molecule has 0 spiro atoms. The molecule has 16 heavy (non-hydrogen) atoms. The fourth-order valence-electron chi connectivity index (χ4n) is 1.44. The van der Waals surface area contributed by atoms with Crippen LogP contribution in [0.1, 0.15) is 12.7 Å². The van der Waals surface area contributed by atoms with Gasteiger partial charge in [0.25, 0.3) is 0 Å². The van der Waals surface area contributed by atoms with E-state index < -0.39 is 0 Å². The van der Waals surface area contributed by atoms with E-state index in [1.165, 1.54) is 0 Å². The standard InChI is InChI=1S/C12H15N3O/c1-2-16-9-8-11-13-12(15-14-11)10-6-4-3-5-7-10/h3-7H,2,8-9H2,1H3,(H,13,14,15). The summed E-state index contributed by atoms with van der Waals surface area (Å²) >= 11 is 0. The minimum absolute atomic E-state index is 0.680. The molecule has 0 saturated heterocycles. The molecule has 0 saturated carbocycles. The first-order valence-electron chi connectivity index (χ1n) is 5.44. The van der Waals surface area contributed by atoms with Crippen molar-refractivity contribution in [2.75, 3.05) is 13.2 Å². The van der Waals surface area contributed by atoms with Gasteiger partial charge >= 0.3 is 0 Å².